The van der Waals surface area contributed by atoms with Crippen molar-refractivity contribution in [2.45, 2.75) is 25.8 Å². The molecule has 0 N–H and O–H groups in total. The van der Waals surface area contributed by atoms with Crippen molar-refractivity contribution in [3.63, 3.8) is 0 Å². The maximum Gasteiger partial charge on any atom is 0.343 e. The Morgan fingerprint density at radius 3 is 2.50 bits per heavy atom. The summed E-state index contributed by atoms with van der Waals surface area (Å²) in [7, 11) is 1.24. The minimum atomic E-state index is -0.958. The molecule has 0 unspecified atom stereocenters. The highest BCUT2D eigenvalue weighted by molar-refractivity contribution is 5.95. The van der Waals surface area contributed by atoms with Gasteiger partial charge in [-0.15, -0.1) is 0 Å². The number of carbonyl (C=O) groups excluding carboxylic acids is 2. The maximum absolute atomic E-state index is 14.2. The number of benzene rings is 2. The molecule has 7 nitrogen and oxygen atoms in total. The van der Waals surface area contributed by atoms with E-state index in [1.165, 1.54) is 22.6 Å². The number of esters is 1. The second-order valence-corrected chi connectivity index (χ2v) is 8.42. The fourth-order valence-corrected chi connectivity index (χ4v) is 4.32. The fraction of sp³-hybridized carbons (Fsp3) is 0.296. The highest BCUT2D eigenvalue weighted by Crippen LogP contribution is 2.25. The van der Waals surface area contributed by atoms with Gasteiger partial charge in [-0.2, -0.15) is 0 Å². The summed E-state index contributed by atoms with van der Waals surface area (Å²) in [5, 5.41) is 0. The Balaban J connectivity index is 1.55. The van der Waals surface area contributed by atoms with Gasteiger partial charge in [0.15, 0.2) is 0 Å². The van der Waals surface area contributed by atoms with Gasteiger partial charge in [0.2, 0.25) is 0 Å². The molecule has 0 fully saturated rings. The molecule has 0 saturated carbocycles. The number of halogens is 2. The lowest BCUT2D eigenvalue weighted by Crippen LogP contribution is -2.34. The average Bonchev–Trinajstić information content (AvgIpc) is 3.10. The van der Waals surface area contributed by atoms with E-state index in [9.17, 15) is 23.2 Å². The Kier molecular flexibility index (Phi) is 7.77. The van der Waals surface area contributed by atoms with Gasteiger partial charge in [0.1, 0.15) is 22.9 Å². The molecular formula is C27H26F2N2O5. The first-order chi connectivity index (χ1) is 17.4. The SMILES string of the molecule is COC(=O)c1c(OCCCc2ccccc2)cc(=O)n2c1CCN(C(=O)c1ccc(F)cc1F)CC2. The molecule has 3 aromatic rings. The number of rotatable bonds is 7. The number of methoxy groups -OCH3 is 1. The van der Waals surface area contributed by atoms with Crippen LogP contribution in [0.3, 0.4) is 0 Å². The van der Waals surface area contributed by atoms with Crippen LogP contribution in [0, 0.1) is 11.6 Å². The number of hydrogen-bond donors (Lipinski definition) is 0. The molecule has 1 aliphatic rings. The Hall–Kier alpha value is -4.01. The van der Waals surface area contributed by atoms with Crippen LogP contribution >= 0.6 is 0 Å². The first-order valence-corrected chi connectivity index (χ1v) is 11.6. The van der Waals surface area contributed by atoms with Gasteiger partial charge in [0.25, 0.3) is 11.5 Å². The zero-order valence-electron chi connectivity index (χ0n) is 19.8. The summed E-state index contributed by atoms with van der Waals surface area (Å²) in [5.74, 6) is -2.87. The van der Waals surface area contributed by atoms with Gasteiger partial charge < -0.3 is 18.9 Å². The van der Waals surface area contributed by atoms with Crippen LogP contribution in [0.4, 0.5) is 8.78 Å². The van der Waals surface area contributed by atoms with Crippen LogP contribution in [-0.4, -0.2) is 48.1 Å². The smallest absolute Gasteiger partial charge is 0.343 e. The Morgan fingerprint density at radius 1 is 1.00 bits per heavy atom. The van der Waals surface area contributed by atoms with Crippen LogP contribution in [-0.2, 0) is 24.1 Å². The second-order valence-electron chi connectivity index (χ2n) is 8.42. The van der Waals surface area contributed by atoms with Crippen molar-refractivity contribution in [3.8, 4) is 5.75 Å². The molecule has 36 heavy (non-hydrogen) atoms. The molecule has 1 amide bonds. The number of hydrogen-bond acceptors (Lipinski definition) is 5. The third kappa shape index (κ3) is 5.45. The fourth-order valence-electron chi connectivity index (χ4n) is 4.32. The molecule has 0 aliphatic carbocycles. The summed E-state index contributed by atoms with van der Waals surface area (Å²) in [4.78, 5) is 39.9. The molecule has 9 heteroatoms. The Bertz CT molecular complexity index is 1320. The lowest BCUT2D eigenvalue weighted by atomic mass is 10.1. The van der Waals surface area contributed by atoms with Crippen molar-refractivity contribution in [1.82, 2.24) is 9.47 Å². The Morgan fingerprint density at radius 2 is 1.78 bits per heavy atom. The van der Waals surface area contributed by atoms with Crippen LogP contribution in [0.2, 0.25) is 0 Å². The van der Waals surface area contributed by atoms with Crippen LogP contribution in [0.5, 0.6) is 5.75 Å². The number of aryl methyl sites for hydroxylation is 1. The van der Waals surface area contributed by atoms with E-state index in [0.29, 0.717) is 18.2 Å². The number of pyridine rings is 1. The molecule has 188 valence electrons. The van der Waals surface area contributed by atoms with Gasteiger partial charge in [-0.05, 0) is 30.5 Å². The van der Waals surface area contributed by atoms with Gasteiger partial charge in [-0.3, -0.25) is 9.59 Å². The van der Waals surface area contributed by atoms with Crippen molar-refractivity contribution in [2.24, 2.45) is 0 Å². The lowest BCUT2D eigenvalue weighted by molar-refractivity contribution is 0.0593. The van der Waals surface area contributed by atoms with Crippen LogP contribution in [0.15, 0.2) is 59.4 Å². The zero-order chi connectivity index (χ0) is 25.7. The van der Waals surface area contributed by atoms with E-state index in [1.54, 1.807) is 0 Å². The summed E-state index contributed by atoms with van der Waals surface area (Å²) in [6, 6.07) is 13.9. The molecule has 0 atom stereocenters. The molecular weight excluding hydrogens is 470 g/mol. The number of ether oxygens (including phenoxy) is 2. The summed E-state index contributed by atoms with van der Waals surface area (Å²) in [6.45, 7) is 0.619. The molecule has 1 aromatic heterocycles. The molecule has 0 saturated heterocycles. The van der Waals surface area contributed by atoms with Gasteiger partial charge in [0, 0.05) is 43.9 Å². The molecule has 0 bridgehead atoms. The Labute approximate surface area is 206 Å². The topological polar surface area (TPSA) is 77.8 Å². The molecule has 2 heterocycles. The third-order valence-electron chi connectivity index (χ3n) is 6.14. The largest absolute Gasteiger partial charge is 0.492 e. The quantitative estimate of drug-likeness (QED) is 0.369. The molecule has 4 rings (SSSR count). The zero-order valence-corrected chi connectivity index (χ0v) is 19.8. The second kappa shape index (κ2) is 11.2. The van der Waals surface area contributed by atoms with E-state index < -0.39 is 23.5 Å². The summed E-state index contributed by atoms with van der Waals surface area (Å²) in [6.07, 6.45) is 1.60. The first kappa shape index (κ1) is 25.1. The third-order valence-corrected chi connectivity index (χ3v) is 6.14. The van der Waals surface area contributed by atoms with Crippen LogP contribution in [0.25, 0.3) is 0 Å². The minimum absolute atomic E-state index is 0.0982. The first-order valence-electron chi connectivity index (χ1n) is 11.6. The van der Waals surface area contributed by atoms with Crippen molar-refractivity contribution >= 4 is 11.9 Å². The molecule has 0 radical (unpaired) electrons. The van der Waals surface area contributed by atoms with Crippen molar-refractivity contribution in [3.05, 3.63) is 99.0 Å². The van der Waals surface area contributed by atoms with Crippen molar-refractivity contribution in [2.75, 3.05) is 26.8 Å². The highest BCUT2D eigenvalue weighted by Gasteiger charge is 2.28. The van der Waals surface area contributed by atoms with E-state index in [1.807, 2.05) is 30.3 Å². The van der Waals surface area contributed by atoms with Crippen molar-refractivity contribution < 1.29 is 27.8 Å². The maximum atomic E-state index is 14.2. The van der Waals surface area contributed by atoms with Gasteiger partial charge in [-0.1, -0.05) is 30.3 Å². The highest BCUT2D eigenvalue weighted by atomic mass is 19.1. The van der Waals surface area contributed by atoms with Crippen LogP contribution in [0.1, 0.15) is 38.4 Å². The molecule has 0 spiro atoms. The summed E-state index contributed by atoms with van der Waals surface area (Å²) in [5.41, 5.74) is 1.04. The van der Waals surface area contributed by atoms with E-state index in [-0.39, 0.29) is 55.1 Å². The number of nitrogens with zero attached hydrogens (tertiary/aromatic N) is 2. The van der Waals surface area contributed by atoms with Gasteiger partial charge in [0.05, 0.1) is 19.3 Å². The number of amides is 1. The average molecular weight is 497 g/mol. The van der Waals surface area contributed by atoms with E-state index in [2.05, 4.69) is 0 Å². The summed E-state index contributed by atoms with van der Waals surface area (Å²) >= 11 is 0. The summed E-state index contributed by atoms with van der Waals surface area (Å²) < 4.78 is 39.7. The van der Waals surface area contributed by atoms with Gasteiger partial charge in [-0.25, -0.2) is 13.6 Å². The van der Waals surface area contributed by atoms with Gasteiger partial charge >= 0.3 is 5.97 Å². The predicted octanol–water partition coefficient (Wildman–Crippen LogP) is 3.62. The van der Waals surface area contributed by atoms with Crippen molar-refractivity contribution in [1.29, 1.82) is 0 Å². The number of fused-ring (bicyclic) bond motifs is 1. The standard InChI is InChI=1S/C27H26F2N2O5/c1-35-27(34)25-22-11-12-30(26(33)20-10-9-19(28)16-21(20)29)13-14-31(22)24(32)17-23(25)36-15-5-8-18-6-3-2-4-7-18/h2-4,6-7,9-10,16-17H,5,8,11-15H2,1H3. The lowest BCUT2D eigenvalue weighted by Gasteiger charge is -2.20. The van der Waals surface area contributed by atoms with E-state index in [4.69, 9.17) is 9.47 Å². The number of aromatic nitrogens is 1. The predicted molar refractivity (Wildman–Crippen MR) is 128 cm³/mol. The van der Waals surface area contributed by atoms with E-state index in [0.717, 1.165) is 24.1 Å². The van der Waals surface area contributed by atoms with Crippen LogP contribution < -0.4 is 10.3 Å². The number of carbonyl (C=O) groups is 2. The molecule has 1 aliphatic heterocycles. The minimum Gasteiger partial charge on any atom is -0.492 e. The normalized spacial score (nSPS) is 13.0. The molecule has 2 aromatic carbocycles. The monoisotopic (exact) mass is 496 g/mol. The van der Waals surface area contributed by atoms with E-state index >= 15 is 0 Å².